The van der Waals surface area contributed by atoms with Crippen LogP contribution in [0, 0.1) is 11.8 Å². The fraction of sp³-hybridized carbons (Fsp3) is 0.579. The van der Waals surface area contributed by atoms with Gasteiger partial charge >= 0.3 is 0 Å². The zero-order valence-corrected chi connectivity index (χ0v) is 15.5. The molecule has 0 heterocycles. The van der Waals surface area contributed by atoms with E-state index in [4.69, 9.17) is 4.74 Å². The van der Waals surface area contributed by atoms with Gasteiger partial charge in [0.2, 0.25) is 0 Å². The molecule has 1 aromatic carbocycles. The van der Waals surface area contributed by atoms with Crippen molar-refractivity contribution in [1.82, 2.24) is 0 Å². The third-order valence-corrected chi connectivity index (χ3v) is 5.68. The minimum absolute atomic E-state index is 0.0436. The summed E-state index contributed by atoms with van der Waals surface area (Å²) in [5, 5.41) is 19.9. The molecule has 1 aliphatic carbocycles. The minimum Gasteiger partial charge on any atom is -0.396 e. The summed E-state index contributed by atoms with van der Waals surface area (Å²) in [7, 11) is -1.33. The van der Waals surface area contributed by atoms with Gasteiger partial charge in [-0.25, -0.2) is 0 Å². The van der Waals surface area contributed by atoms with Crippen LogP contribution in [0.2, 0.25) is 19.6 Å². The van der Waals surface area contributed by atoms with Gasteiger partial charge in [-0.3, -0.25) is 0 Å². The van der Waals surface area contributed by atoms with Gasteiger partial charge in [0.05, 0.1) is 20.8 Å². The van der Waals surface area contributed by atoms with Gasteiger partial charge in [-0.1, -0.05) is 61.2 Å². The van der Waals surface area contributed by atoms with E-state index < -0.39 is 14.2 Å². The third kappa shape index (κ3) is 5.57. The predicted octanol–water partition coefficient (Wildman–Crippen LogP) is 3.39. The molecule has 0 amide bonds. The maximum Gasteiger partial charge on any atom is 0.0716 e. The second kappa shape index (κ2) is 8.24. The fourth-order valence-electron chi connectivity index (χ4n) is 3.43. The Bertz CT molecular complexity index is 507. The molecule has 1 aliphatic rings. The number of hydrogen-bond acceptors (Lipinski definition) is 3. The Morgan fingerprint density at radius 1 is 1.22 bits per heavy atom. The summed E-state index contributed by atoms with van der Waals surface area (Å²) in [6.07, 6.45) is 1.16. The molecule has 0 unspecified atom stereocenters. The van der Waals surface area contributed by atoms with Crippen LogP contribution in [-0.4, -0.2) is 37.6 Å². The van der Waals surface area contributed by atoms with Crippen LogP contribution < -0.4 is 0 Å². The van der Waals surface area contributed by atoms with Crippen LogP contribution in [0.1, 0.15) is 18.4 Å². The summed E-state index contributed by atoms with van der Waals surface area (Å²) in [5.41, 5.74) is 4.91. The number of aliphatic hydroxyl groups excluding tert-OH is 2. The molecule has 1 fully saturated rings. The average Bonchev–Trinajstić information content (AvgIpc) is 2.77. The number of rotatable bonds is 7. The molecular formula is C19H30O3Si. The molecule has 3 nitrogen and oxygen atoms in total. The number of hydrogen-bond donors (Lipinski definition) is 2. The van der Waals surface area contributed by atoms with Crippen molar-refractivity contribution in [2.75, 3.05) is 13.2 Å². The van der Waals surface area contributed by atoms with E-state index in [0.717, 1.165) is 6.42 Å². The molecule has 3 atom stereocenters. The van der Waals surface area contributed by atoms with Crippen molar-refractivity contribution in [2.45, 2.75) is 45.2 Å². The van der Waals surface area contributed by atoms with Crippen molar-refractivity contribution in [2.24, 2.45) is 11.8 Å². The largest absolute Gasteiger partial charge is 0.396 e. The summed E-state index contributed by atoms with van der Waals surface area (Å²) >= 11 is 0. The van der Waals surface area contributed by atoms with Crippen molar-refractivity contribution < 1.29 is 14.9 Å². The predicted molar refractivity (Wildman–Crippen MR) is 96.8 cm³/mol. The fourth-order valence-corrected chi connectivity index (χ4v) is 4.88. The molecule has 0 saturated heterocycles. The molecule has 128 valence electrons. The highest BCUT2D eigenvalue weighted by atomic mass is 28.3. The van der Waals surface area contributed by atoms with Crippen molar-refractivity contribution in [3.8, 4) is 0 Å². The molecular weight excluding hydrogens is 304 g/mol. The topological polar surface area (TPSA) is 49.7 Å². The Morgan fingerprint density at radius 2 is 1.91 bits per heavy atom. The van der Waals surface area contributed by atoms with E-state index in [9.17, 15) is 10.2 Å². The van der Waals surface area contributed by atoms with Crippen LogP contribution in [0.4, 0.5) is 0 Å². The van der Waals surface area contributed by atoms with Crippen molar-refractivity contribution >= 4 is 8.07 Å². The monoisotopic (exact) mass is 334 g/mol. The molecule has 0 bridgehead atoms. The lowest BCUT2D eigenvalue weighted by molar-refractivity contribution is 0.0555. The molecule has 4 heteroatoms. The van der Waals surface area contributed by atoms with E-state index in [0.29, 0.717) is 19.6 Å². The van der Waals surface area contributed by atoms with Gasteiger partial charge in [0.1, 0.15) is 0 Å². The first kappa shape index (κ1) is 18.4. The standard InChI is InChI=1S/C19H30O3Si/c1-23(2,3)14-16-11-19(21)18(12-20)17(16)9-10-22-13-15-7-5-4-6-8-15/h4-8,14,17-21H,9-13H2,1-3H3/b16-14+/t17-,18-,19+/m1/s1. The average molecular weight is 335 g/mol. The van der Waals surface area contributed by atoms with Crippen LogP contribution in [0.25, 0.3) is 0 Å². The summed E-state index contributed by atoms with van der Waals surface area (Å²) in [6.45, 7) is 8.25. The third-order valence-electron chi connectivity index (χ3n) is 4.45. The first-order valence-electron chi connectivity index (χ1n) is 8.53. The minimum atomic E-state index is -1.33. The SMILES string of the molecule is C[Si](C)(C)/C=C1\C[C@H](O)[C@H](CO)[C@@H]1CCOCc1ccccc1. The Labute approximate surface area is 141 Å². The highest BCUT2D eigenvalue weighted by Gasteiger charge is 2.38. The summed E-state index contributed by atoms with van der Waals surface area (Å²) in [6, 6.07) is 10.2. The van der Waals surface area contributed by atoms with Gasteiger partial charge in [-0.2, -0.15) is 0 Å². The zero-order chi connectivity index (χ0) is 16.9. The zero-order valence-electron chi connectivity index (χ0n) is 14.5. The van der Waals surface area contributed by atoms with Crippen molar-refractivity contribution in [1.29, 1.82) is 0 Å². The molecule has 2 N–H and O–H groups in total. The van der Waals surface area contributed by atoms with Crippen molar-refractivity contribution in [3.63, 3.8) is 0 Å². The number of aliphatic hydroxyl groups is 2. The number of ether oxygens (including phenoxy) is 1. The lowest BCUT2D eigenvalue weighted by Crippen LogP contribution is -2.24. The Hall–Kier alpha value is -0.943. The maximum absolute atomic E-state index is 10.2. The van der Waals surface area contributed by atoms with E-state index in [2.05, 4.69) is 37.5 Å². The molecule has 0 aliphatic heterocycles. The molecule has 2 rings (SSSR count). The van der Waals surface area contributed by atoms with E-state index in [1.54, 1.807) is 0 Å². The highest BCUT2D eigenvalue weighted by Crippen LogP contribution is 2.39. The second-order valence-electron chi connectivity index (χ2n) is 7.64. The molecule has 0 radical (unpaired) electrons. The van der Waals surface area contributed by atoms with Gasteiger partial charge in [-0.15, -0.1) is 0 Å². The lowest BCUT2D eigenvalue weighted by atomic mass is 9.91. The van der Waals surface area contributed by atoms with E-state index in [1.807, 2.05) is 18.2 Å². The van der Waals surface area contributed by atoms with Gasteiger partial charge in [0.15, 0.2) is 0 Å². The van der Waals surface area contributed by atoms with Crippen molar-refractivity contribution in [3.05, 3.63) is 47.2 Å². The molecule has 0 spiro atoms. The van der Waals surface area contributed by atoms with E-state index >= 15 is 0 Å². The normalized spacial score (nSPS) is 26.8. The van der Waals surface area contributed by atoms with Gasteiger partial charge in [0.25, 0.3) is 0 Å². The van der Waals surface area contributed by atoms with Gasteiger partial charge in [-0.05, 0) is 24.3 Å². The maximum atomic E-state index is 10.2. The molecule has 1 saturated carbocycles. The molecule has 1 aromatic rings. The molecule has 23 heavy (non-hydrogen) atoms. The number of benzene rings is 1. The van der Waals surface area contributed by atoms with E-state index in [-0.39, 0.29) is 18.4 Å². The summed E-state index contributed by atoms with van der Waals surface area (Å²) in [4.78, 5) is 0. The van der Waals surface area contributed by atoms with Gasteiger partial charge < -0.3 is 14.9 Å². The van der Waals surface area contributed by atoms with E-state index in [1.165, 1.54) is 11.1 Å². The second-order valence-corrected chi connectivity index (χ2v) is 12.7. The Morgan fingerprint density at radius 3 is 2.52 bits per heavy atom. The van der Waals surface area contributed by atoms with Crippen LogP contribution >= 0.6 is 0 Å². The van der Waals surface area contributed by atoms with Gasteiger partial charge in [0, 0.05) is 19.1 Å². The Balaban J connectivity index is 1.92. The van der Waals surface area contributed by atoms with Crippen LogP contribution in [0.15, 0.2) is 41.6 Å². The quantitative estimate of drug-likeness (QED) is 0.593. The lowest BCUT2D eigenvalue weighted by Gasteiger charge is -2.22. The van der Waals surface area contributed by atoms with Crippen LogP contribution in [-0.2, 0) is 11.3 Å². The van der Waals surface area contributed by atoms with Crippen LogP contribution in [0.3, 0.4) is 0 Å². The highest BCUT2D eigenvalue weighted by molar-refractivity contribution is 6.81. The van der Waals surface area contributed by atoms with Crippen LogP contribution in [0.5, 0.6) is 0 Å². The smallest absolute Gasteiger partial charge is 0.0716 e. The summed E-state index contributed by atoms with van der Waals surface area (Å²) in [5.74, 6) is 0.204. The first-order chi connectivity index (χ1) is 10.9. The Kier molecular flexibility index (Phi) is 6.59. The first-order valence-corrected chi connectivity index (χ1v) is 12.1. The molecule has 0 aromatic heterocycles. The summed E-state index contributed by atoms with van der Waals surface area (Å²) < 4.78 is 5.81.